The number of nitrogens with zero attached hydrogens (tertiary/aromatic N) is 2. The van der Waals surface area contributed by atoms with Gasteiger partial charge in [0.25, 0.3) is 11.5 Å². The van der Waals surface area contributed by atoms with Crippen LogP contribution in [0.3, 0.4) is 0 Å². The minimum absolute atomic E-state index is 0.0352. The highest BCUT2D eigenvalue weighted by atomic mass is 32.1. The highest BCUT2D eigenvalue weighted by Gasteiger charge is 2.21. The van der Waals surface area contributed by atoms with E-state index >= 15 is 0 Å². The Bertz CT molecular complexity index is 990. The minimum Gasteiger partial charge on any atom is -0.457 e. The Morgan fingerprint density at radius 2 is 1.93 bits per heavy atom. The second-order valence-electron chi connectivity index (χ2n) is 5.53. The smallest absolute Gasteiger partial charge is 0.332 e. The number of rotatable bonds is 7. The summed E-state index contributed by atoms with van der Waals surface area (Å²) in [7, 11) is 2.53. The maximum atomic E-state index is 12.2. The molecule has 0 bridgehead atoms. The Morgan fingerprint density at radius 1 is 1.22 bits per heavy atom. The number of Topliss-reactive ketones (excluding diaryl/α,β-unsaturated/α-hetero) is 1. The molecule has 2 rings (SSSR count). The van der Waals surface area contributed by atoms with E-state index in [4.69, 9.17) is 10.5 Å². The Morgan fingerprint density at radius 3 is 2.56 bits per heavy atom. The lowest BCUT2D eigenvalue weighted by Crippen LogP contribution is -2.42. The molecule has 0 fully saturated rings. The van der Waals surface area contributed by atoms with Gasteiger partial charge in [0.05, 0.1) is 11.3 Å². The first-order valence-electron chi connectivity index (χ1n) is 7.80. The highest BCUT2D eigenvalue weighted by Crippen LogP contribution is 2.07. The van der Waals surface area contributed by atoms with Crippen LogP contribution in [0, 0.1) is 0 Å². The summed E-state index contributed by atoms with van der Waals surface area (Å²) in [5.41, 5.74) is 3.71. The third-order valence-electron chi connectivity index (χ3n) is 3.71. The van der Waals surface area contributed by atoms with Gasteiger partial charge in [0.2, 0.25) is 5.78 Å². The largest absolute Gasteiger partial charge is 0.457 e. The lowest BCUT2D eigenvalue weighted by atomic mass is 10.2. The van der Waals surface area contributed by atoms with Crippen LogP contribution in [0.5, 0.6) is 0 Å². The third-order valence-corrected chi connectivity index (χ3v) is 4.58. The zero-order chi connectivity index (χ0) is 20.1. The van der Waals surface area contributed by atoms with Crippen molar-refractivity contribution < 1.29 is 19.1 Å². The molecule has 0 aliphatic rings. The first kappa shape index (κ1) is 20.1. The summed E-state index contributed by atoms with van der Waals surface area (Å²) in [6.07, 6.45) is -0.148. The lowest BCUT2D eigenvalue weighted by molar-refractivity contribution is -0.142. The van der Waals surface area contributed by atoms with Crippen LogP contribution in [0.1, 0.15) is 26.5 Å². The first-order chi connectivity index (χ1) is 12.7. The molecule has 11 heteroatoms. The van der Waals surface area contributed by atoms with E-state index in [9.17, 15) is 24.0 Å². The van der Waals surface area contributed by atoms with Crippen molar-refractivity contribution in [2.45, 2.75) is 6.42 Å². The Balaban J connectivity index is 1.90. The van der Waals surface area contributed by atoms with E-state index in [-0.39, 0.29) is 24.7 Å². The van der Waals surface area contributed by atoms with Crippen molar-refractivity contribution in [1.29, 1.82) is 0 Å². The van der Waals surface area contributed by atoms with Gasteiger partial charge in [-0.1, -0.05) is 6.07 Å². The second kappa shape index (κ2) is 8.45. The number of amides is 1. The van der Waals surface area contributed by atoms with Crippen LogP contribution in [0.2, 0.25) is 0 Å². The molecule has 0 saturated heterocycles. The monoisotopic (exact) mass is 394 g/mol. The molecule has 2 aromatic rings. The van der Waals surface area contributed by atoms with Crippen LogP contribution in [0.15, 0.2) is 27.1 Å². The summed E-state index contributed by atoms with van der Waals surface area (Å²) in [5.74, 6) is -2.16. The van der Waals surface area contributed by atoms with Crippen LogP contribution in [0.4, 0.5) is 5.82 Å². The van der Waals surface area contributed by atoms with Crippen molar-refractivity contribution in [1.82, 2.24) is 14.5 Å². The van der Waals surface area contributed by atoms with Crippen molar-refractivity contribution in [3.63, 3.8) is 0 Å². The lowest BCUT2D eigenvalue weighted by Gasteiger charge is -2.11. The molecule has 0 aliphatic carbocycles. The quantitative estimate of drug-likeness (QED) is 0.466. The molecule has 3 N–H and O–H groups in total. The molecule has 0 aliphatic heterocycles. The zero-order valence-electron chi connectivity index (χ0n) is 14.7. The number of nitrogen functional groups attached to an aromatic ring is 1. The molecule has 2 heterocycles. The normalized spacial score (nSPS) is 10.4. The van der Waals surface area contributed by atoms with Gasteiger partial charge in [-0.15, -0.1) is 11.3 Å². The number of nitrogens with one attached hydrogen (secondary N) is 1. The first-order valence-corrected chi connectivity index (χ1v) is 8.68. The van der Waals surface area contributed by atoms with Gasteiger partial charge in [-0.3, -0.25) is 28.3 Å². The molecule has 27 heavy (non-hydrogen) atoms. The molecule has 0 spiro atoms. The number of thiophene rings is 1. The number of carbonyl (C=O) groups is 3. The predicted molar refractivity (Wildman–Crippen MR) is 97.9 cm³/mol. The maximum absolute atomic E-state index is 12.2. The molecule has 0 saturated carbocycles. The Labute approximate surface area is 157 Å². The summed E-state index contributed by atoms with van der Waals surface area (Å²) < 4.78 is 6.52. The molecule has 10 nitrogen and oxygen atoms in total. The molecule has 0 atom stereocenters. The average molecular weight is 394 g/mol. The summed E-state index contributed by atoms with van der Waals surface area (Å²) in [6, 6.07) is 3.38. The fraction of sp³-hybridized carbons (Fsp3) is 0.312. The molecule has 0 aromatic carbocycles. The van der Waals surface area contributed by atoms with E-state index in [1.807, 2.05) is 0 Å². The molecular formula is C16H18N4O6S. The van der Waals surface area contributed by atoms with Crippen molar-refractivity contribution in [2.75, 3.05) is 18.9 Å². The van der Waals surface area contributed by atoms with Crippen LogP contribution in [0.25, 0.3) is 0 Å². The minimum atomic E-state index is -0.861. The van der Waals surface area contributed by atoms with Gasteiger partial charge in [0.1, 0.15) is 11.4 Å². The topological polar surface area (TPSA) is 142 Å². The number of hydrogen-bond acceptors (Lipinski definition) is 8. The van der Waals surface area contributed by atoms with Crippen molar-refractivity contribution >= 4 is 34.8 Å². The number of hydrogen-bond donors (Lipinski definition) is 2. The summed E-state index contributed by atoms with van der Waals surface area (Å²) >= 11 is 1.27. The zero-order valence-corrected chi connectivity index (χ0v) is 15.5. The molecule has 0 unspecified atom stereocenters. The van der Waals surface area contributed by atoms with E-state index in [0.29, 0.717) is 4.88 Å². The van der Waals surface area contributed by atoms with Crippen molar-refractivity contribution in [3.05, 3.63) is 48.8 Å². The fourth-order valence-corrected chi connectivity index (χ4v) is 2.83. The van der Waals surface area contributed by atoms with Gasteiger partial charge >= 0.3 is 11.7 Å². The summed E-state index contributed by atoms with van der Waals surface area (Å²) in [6.45, 7) is -0.664. The SMILES string of the molecule is Cn1c(N)c(C(=O)COC(=O)CCNC(=O)c2cccs2)c(=O)n(C)c1=O. The predicted octanol–water partition coefficient (Wildman–Crippen LogP) is -0.726. The number of nitrogens with two attached hydrogens (primary N) is 1. The van der Waals surface area contributed by atoms with Gasteiger partial charge in [-0.2, -0.15) is 0 Å². The standard InChI is InChI=1S/C16H18N4O6S/c1-19-13(17)12(15(24)20(2)16(19)25)9(21)8-26-11(22)5-6-18-14(23)10-4-3-7-27-10/h3-4,7H,5-6,8,17H2,1-2H3,(H,18,23). The van der Waals surface area contributed by atoms with E-state index in [1.165, 1.54) is 25.4 Å². The summed E-state index contributed by atoms with van der Waals surface area (Å²) in [4.78, 5) is 59.9. The van der Waals surface area contributed by atoms with E-state index in [2.05, 4.69) is 5.32 Å². The van der Waals surface area contributed by atoms with Gasteiger partial charge in [0.15, 0.2) is 6.61 Å². The number of anilines is 1. The van der Waals surface area contributed by atoms with E-state index in [1.54, 1.807) is 17.5 Å². The molecule has 1 amide bonds. The van der Waals surface area contributed by atoms with Crippen molar-refractivity contribution in [2.24, 2.45) is 14.1 Å². The van der Waals surface area contributed by atoms with Gasteiger partial charge in [-0.25, -0.2) is 4.79 Å². The molecule has 144 valence electrons. The van der Waals surface area contributed by atoms with Gasteiger partial charge in [0, 0.05) is 20.6 Å². The van der Waals surface area contributed by atoms with Crippen LogP contribution >= 0.6 is 11.3 Å². The molecular weight excluding hydrogens is 376 g/mol. The van der Waals surface area contributed by atoms with Crippen LogP contribution < -0.4 is 22.3 Å². The average Bonchev–Trinajstić information content (AvgIpc) is 3.18. The number of esters is 1. The number of carbonyl (C=O) groups excluding carboxylic acids is 3. The third kappa shape index (κ3) is 4.50. The highest BCUT2D eigenvalue weighted by molar-refractivity contribution is 7.12. The Hall–Kier alpha value is -3.21. The van der Waals surface area contributed by atoms with Crippen LogP contribution in [-0.2, 0) is 23.6 Å². The molecule has 0 radical (unpaired) electrons. The fourth-order valence-electron chi connectivity index (χ4n) is 2.19. The Kier molecular flexibility index (Phi) is 6.29. The van der Waals surface area contributed by atoms with Gasteiger partial charge in [-0.05, 0) is 11.4 Å². The van der Waals surface area contributed by atoms with Gasteiger partial charge < -0.3 is 15.8 Å². The van der Waals surface area contributed by atoms with Crippen molar-refractivity contribution in [3.8, 4) is 0 Å². The number of ketones is 1. The van der Waals surface area contributed by atoms with Crippen LogP contribution in [-0.4, -0.2) is 39.9 Å². The second-order valence-corrected chi connectivity index (χ2v) is 6.48. The number of ether oxygens (including phenoxy) is 1. The summed E-state index contributed by atoms with van der Waals surface area (Å²) in [5, 5.41) is 4.30. The number of aromatic nitrogens is 2. The molecule has 2 aromatic heterocycles. The van der Waals surface area contributed by atoms with E-state index < -0.39 is 35.2 Å². The maximum Gasteiger partial charge on any atom is 0.332 e. The van der Waals surface area contributed by atoms with E-state index in [0.717, 1.165) is 9.13 Å².